The van der Waals surface area contributed by atoms with Gasteiger partial charge >= 0.3 is 0 Å². The van der Waals surface area contributed by atoms with E-state index in [0.717, 1.165) is 5.25 Å². The van der Waals surface area contributed by atoms with Gasteiger partial charge in [0, 0.05) is 0 Å². The summed E-state index contributed by atoms with van der Waals surface area (Å²) >= 11 is 2.07. The molecular weight excluding hydrogens is 128 g/mol. The van der Waals surface area contributed by atoms with E-state index in [1.165, 1.54) is 25.0 Å². The number of hydrogen-bond donors (Lipinski definition) is 0. The quantitative estimate of drug-likeness (QED) is 0.536. The van der Waals surface area contributed by atoms with Crippen LogP contribution in [-0.2, 0) is 0 Å². The summed E-state index contributed by atoms with van der Waals surface area (Å²) in [4.78, 5) is 0. The topological polar surface area (TPSA) is 0 Å². The molecule has 0 aliphatic rings. The first-order valence-electron chi connectivity index (χ1n) is 3.89. The average molecular weight is 146 g/mol. The Balaban J connectivity index is 2.75. The Labute approximate surface area is 63.4 Å². The minimum atomic E-state index is 0.821. The van der Waals surface area contributed by atoms with Crippen molar-refractivity contribution in [1.29, 1.82) is 0 Å². The monoisotopic (exact) mass is 146 g/mol. The Morgan fingerprint density at radius 1 is 1.22 bits per heavy atom. The van der Waals surface area contributed by atoms with Crippen LogP contribution in [0.3, 0.4) is 0 Å². The van der Waals surface area contributed by atoms with Crippen LogP contribution < -0.4 is 0 Å². The molecule has 9 heavy (non-hydrogen) atoms. The van der Waals surface area contributed by atoms with E-state index in [0.29, 0.717) is 0 Å². The Bertz CT molecular complexity index is 50.5. The van der Waals surface area contributed by atoms with Crippen LogP contribution in [0.5, 0.6) is 0 Å². The van der Waals surface area contributed by atoms with Gasteiger partial charge in [0.1, 0.15) is 0 Å². The molecule has 0 aliphatic carbocycles. The van der Waals surface area contributed by atoms with E-state index in [4.69, 9.17) is 0 Å². The lowest BCUT2D eigenvalue weighted by atomic mass is 10.3. The van der Waals surface area contributed by atoms with E-state index in [9.17, 15) is 0 Å². The lowest BCUT2D eigenvalue weighted by Crippen LogP contribution is -1.88. The van der Waals surface area contributed by atoms with E-state index < -0.39 is 0 Å². The first kappa shape index (κ1) is 9.35. The van der Waals surface area contributed by atoms with Gasteiger partial charge in [-0.1, -0.05) is 33.6 Å². The van der Waals surface area contributed by atoms with Crippen LogP contribution in [0, 0.1) is 0 Å². The second kappa shape index (κ2) is 6.47. The smallest absolute Gasteiger partial charge is 0.000968 e. The fourth-order valence-corrected chi connectivity index (χ4v) is 1.51. The molecule has 0 saturated carbocycles. The van der Waals surface area contributed by atoms with Gasteiger partial charge in [-0.05, 0) is 17.4 Å². The second-order valence-electron chi connectivity index (χ2n) is 2.63. The lowest BCUT2D eigenvalue weighted by molar-refractivity contribution is 0.777. The van der Waals surface area contributed by atoms with Gasteiger partial charge in [-0.3, -0.25) is 0 Å². The third-order valence-corrected chi connectivity index (χ3v) is 2.39. The lowest BCUT2D eigenvalue weighted by Gasteiger charge is -2.02. The van der Waals surface area contributed by atoms with E-state index in [2.05, 4.69) is 32.5 Å². The zero-order valence-corrected chi connectivity index (χ0v) is 7.63. The maximum atomic E-state index is 2.26. The van der Waals surface area contributed by atoms with Crippen molar-refractivity contribution in [3.8, 4) is 0 Å². The van der Waals surface area contributed by atoms with Crippen molar-refractivity contribution in [1.82, 2.24) is 0 Å². The van der Waals surface area contributed by atoms with Crippen molar-refractivity contribution >= 4 is 11.8 Å². The molecular formula is C8H18S. The van der Waals surface area contributed by atoms with Gasteiger partial charge in [0.25, 0.3) is 0 Å². The van der Waals surface area contributed by atoms with Gasteiger partial charge in [0.15, 0.2) is 0 Å². The highest BCUT2D eigenvalue weighted by Crippen LogP contribution is 2.11. The molecule has 0 aromatic rings. The maximum Gasteiger partial charge on any atom is -0.000968 e. The molecule has 0 rings (SSSR count). The summed E-state index contributed by atoms with van der Waals surface area (Å²) < 4.78 is 0. The molecule has 0 unspecified atom stereocenters. The molecule has 0 aromatic carbocycles. The van der Waals surface area contributed by atoms with Crippen LogP contribution in [0.2, 0.25) is 0 Å². The molecule has 1 heteroatoms. The Morgan fingerprint density at radius 2 is 1.89 bits per heavy atom. The summed E-state index contributed by atoms with van der Waals surface area (Å²) in [6.07, 6.45) is 4.15. The highest BCUT2D eigenvalue weighted by molar-refractivity contribution is 7.99. The summed E-state index contributed by atoms with van der Waals surface area (Å²) in [5, 5.41) is 0.821. The molecule has 0 spiro atoms. The van der Waals surface area contributed by atoms with Gasteiger partial charge in [-0.2, -0.15) is 11.8 Å². The van der Waals surface area contributed by atoms with Crippen molar-refractivity contribution in [2.75, 3.05) is 5.75 Å². The second-order valence-corrected chi connectivity index (χ2v) is 4.31. The first-order valence-corrected chi connectivity index (χ1v) is 4.93. The van der Waals surface area contributed by atoms with Crippen LogP contribution in [0.1, 0.15) is 40.0 Å². The van der Waals surface area contributed by atoms with Gasteiger partial charge in [0.2, 0.25) is 0 Å². The highest BCUT2D eigenvalue weighted by Gasteiger charge is 1.91. The number of hydrogen-bond acceptors (Lipinski definition) is 1. The normalized spacial score (nSPS) is 10.7. The van der Waals surface area contributed by atoms with Crippen LogP contribution in [0.25, 0.3) is 0 Å². The largest absolute Gasteiger partial charge is 0.159 e. The minimum absolute atomic E-state index is 0.821. The summed E-state index contributed by atoms with van der Waals surface area (Å²) in [5.41, 5.74) is 0. The SMILES string of the molecule is CCCCCSC(C)C. The molecule has 56 valence electrons. The fraction of sp³-hybridized carbons (Fsp3) is 1.00. The van der Waals surface area contributed by atoms with E-state index >= 15 is 0 Å². The summed E-state index contributed by atoms with van der Waals surface area (Å²) in [7, 11) is 0. The zero-order chi connectivity index (χ0) is 7.11. The van der Waals surface area contributed by atoms with E-state index in [-0.39, 0.29) is 0 Å². The molecule has 0 heterocycles. The van der Waals surface area contributed by atoms with Crippen LogP contribution in [0.15, 0.2) is 0 Å². The van der Waals surface area contributed by atoms with Crippen LogP contribution in [-0.4, -0.2) is 11.0 Å². The first-order chi connectivity index (χ1) is 4.27. The predicted molar refractivity (Wildman–Crippen MR) is 47.1 cm³/mol. The number of thioether (sulfide) groups is 1. The standard InChI is InChI=1S/C8H18S/c1-4-5-6-7-9-8(2)3/h8H,4-7H2,1-3H3. The molecule has 0 bridgehead atoms. The third-order valence-electron chi connectivity index (χ3n) is 1.20. The van der Waals surface area contributed by atoms with Crippen molar-refractivity contribution in [2.24, 2.45) is 0 Å². The van der Waals surface area contributed by atoms with Gasteiger partial charge < -0.3 is 0 Å². The molecule has 0 N–H and O–H groups in total. The van der Waals surface area contributed by atoms with Crippen molar-refractivity contribution in [3.05, 3.63) is 0 Å². The van der Waals surface area contributed by atoms with Crippen molar-refractivity contribution in [3.63, 3.8) is 0 Å². The summed E-state index contributed by atoms with van der Waals surface area (Å²) in [6.45, 7) is 6.77. The molecule has 0 fully saturated rings. The Morgan fingerprint density at radius 3 is 2.33 bits per heavy atom. The van der Waals surface area contributed by atoms with Gasteiger partial charge in [0.05, 0.1) is 0 Å². The van der Waals surface area contributed by atoms with E-state index in [1.807, 2.05) is 0 Å². The molecule has 0 nitrogen and oxygen atoms in total. The molecule has 0 saturated heterocycles. The number of rotatable bonds is 5. The minimum Gasteiger partial charge on any atom is -0.159 e. The maximum absolute atomic E-state index is 2.26. The van der Waals surface area contributed by atoms with Crippen LogP contribution >= 0.6 is 11.8 Å². The van der Waals surface area contributed by atoms with Crippen LogP contribution in [0.4, 0.5) is 0 Å². The molecule has 0 atom stereocenters. The van der Waals surface area contributed by atoms with Crippen molar-refractivity contribution in [2.45, 2.75) is 45.3 Å². The molecule has 0 aromatic heterocycles. The Hall–Kier alpha value is 0.350. The highest BCUT2D eigenvalue weighted by atomic mass is 32.2. The third kappa shape index (κ3) is 8.35. The molecule has 0 radical (unpaired) electrons. The van der Waals surface area contributed by atoms with Gasteiger partial charge in [-0.25, -0.2) is 0 Å². The summed E-state index contributed by atoms with van der Waals surface area (Å²) in [6, 6.07) is 0. The summed E-state index contributed by atoms with van der Waals surface area (Å²) in [5.74, 6) is 1.35. The van der Waals surface area contributed by atoms with E-state index in [1.54, 1.807) is 0 Å². The molecule has 0 aliphatic heterocycles. The Kier molecular flexibility index (Phi) is 6.72. The number of unbranched alkanes of at least 4 members (excludes halogenated alkanes) is 2. The average Bonchev–Trinajstić information content (AvgIpc) is 1.80. The van der Waals surface area contributed by atoms with Crippen molar-refractivity contribution < 1.29 is 0 Å². The predicted octanol–water partition coefficient (Wildman–Crippen LogP) is 3.32. The van der Waals surface area contributed by atoms with Gasteiger partial charge in [-0.15, -0.1) is 0 Å². The zero-order valence-electron chi connectivity index (χ0n) is 6.81. The molecule has 0 amide bonds. The fourth-order valence-electron chi connectivity index (χ4n) is 0.671.